The van der Waals surface area contributed by atoms with Gasteiger partial charge in [0, 0.05) is 0 Å². The van der Waals surface area contributed by atoms with Crippen LogP contribution in [0.15, 0.2) is 0 Å². The van der Waals surface area contributed by atoms with Gasteiger partial charge in [-0.25, -0.2) is 0 Å². The fraction of sp³-hybridized carbons (Fsp3) is 1.00. The lowest BCUT2D eigenvalue weighted by Gasteiger charge is -2.48. The summed E-state index contributed by atoms with van der Waals surface area (Å²) in [7, 11) is -5.15. The molecule has 0 saturated heterocycles. The predicted molar refractivity (Wildman–Crippen MR) is 88.0 cm³/mol. The van der Waals surface area contributed by atoms with Gasteiger partial charge in [0.15, 0.2) is 0 Å². The zero-order valence-corrected chi connectivity index (χ0v) is 16.8. The van der Waals surface area contributed by atoms with E-state index in [1.807, 2.05) is 0 Å². The van der Waals surface area contributed by atoms with Crippen LogP contribution in [-0.4, -0.2) is 36.9 Å². The van der Waals surface area contributed by atoms with Crippen molar-refractivity contribution >= 4 is 30.7 Å². The first-order valence-electron chi connectivity index (χ1n) is 6.25. The minimum atomic E-state index is -1.56. The molecule has 0 amide bonds. The highest BCUT2D eigenvalue weighted by Crippen LogP contribution is 2.24. The van der Waals surface area contributed by atoms with Crippen molar-refractivity contribution in [2.75, 3.05) is 6.17 Å². The van der Waals surface area contributed by atoms with Crippen LogP contribution in [-0.2, 0) is 0 Å². The van der Waals surface area contributed by atoms with Crippen molar-refractivity contribution in [2.24, 2.45) is 5.40 Å². The van der Waals surface area contributed by atoms with Crippen molar-refractivity contribution < 1.29 is 0 Å². The molecule has 0 aromatic carbocycles. The van der Waals surface area contributed by atoms with Gasteiger partial charge in [-0.1, -0.05) is 58.9 Å². The van der Waals surface area contributed by atoms with Crippen LogP contribution in [0.3, 0.4) is 0 Å². The summed E-state index contributed by atoms with van der Waals surface area (Å²) >= 11 is 0. The zero-order valence-electron chi connectivity index (χ0n) is 12.8. The highest BCUT2D eigenvalue weighted by Gasteiger charge is 2.52. The maximum absolute atomic E-state index is 6.98. The summed E-state index contributed by atoms with van der Waals surface area (Å²) in [6.45, 7) is 22.0. The summed E-state index contributed by atoms with van der Waals surface area (Å²) in [5.41, 5.74) is 0. The summed E-state index contributed by atoms with van der Waals surface area (Å²) in [5.74, 6) is 0. The standard InChI is InChI=1S/C10H32N2Si4/c1-13(2,3)12-10-16(11,14(4,5)6)15(7,8)9/h12H,10-11H2,1-9H3. The maximum Gasteiger partial charge on any atom is 0.116 e. The molecule has 0 heterocycles. The summed E-state index contributed by atoms with van der Waals surface area (Å²) < 4.78 is 0. The summed E-state index contributed by atoms with van der Waals surface area (Å²) in [6, 6.07) is 0. The Morgan fingerprint density at radius 1 is 0.750 bits per heavy atom. The Labute approximate surface area is 106 Å². The molecule has 0 fully saturated rings. The van der Waals surface area contributed by atoms with Gasteiger partial charge < -0.3 is 10.4 Å². The molecule has 0 rings (SSSR count). The Morgan fingerprint density at radius 3 is 1.25 bits per heavy atom. The Balaban J connectivity index is 5.00. The quantitative estimate of drug-likeness (QED) is 0.765. The molecule has 0 aliphatic carbocycles. The molecule has 0 aromatic rings. The van der Waals surface area contributed by atoms with E-state index in [1.54, 1.807) is 0 Å². The van der Waals surface area contributed by atoms with Crippen LogP contribution in [0, 0.1) is 0 Å². The summed E-state index contributed by atoms with van der Waals surface area (Å²) in [4.78, 5) is 3.82. The van der Waals surface area contributed by atoms with E-state index < -0.39 is 30.7 Å². The first-order valence-corrected chi connectivity index (χ1v) is 21.0. The Kier molecular flexibility index (Phi) is 5.05. The molecule has 0 bridgehead atoms. The molecule has 3 N–H and O–H groups in total. The fourth-order valence-corrected chi connectivity index (χ4v) is 40.4. The monoisotopic (exact) mass is 292 g/mol. The van der Waals surface area contributed by atoms with Crippen molar-refractivity contribution in [1.29, 1.82) is 0 Å². The molecule has 0 unspecified atom stereocenters. The summed E-state index contributed by atoms with van der Waals surface area (Å²) in [5, 5.41) is 6.98. The molecule has 98 valence electrons. The second-order valence-corrected chi connectivity index (χ2v) is 40.1. The molecule has 2 nitrogen and oxygen atoms in total. The molecular formula is C10H32N2Si4. The third-order valence-electron chi connectivity index (χ3n) is 3.57. The normalized spacial score (nSPS) is 15.4. The van der Waals surface area contributed by atoms with E-state index in [0.29, 0.717) is 0 Å². The van der Waals surface area contributed by atoms with Crippen molar-refractivity contribution in [3.63, 3.8) is 0 Å². The van der Waals surface area contributed by atoms with E-state index in [4.69, 9.17) is 5.40 Å². The molecule has 0 aliphatic rings. The van der Waals surface area contributed by atoms with Gasteiger partial charge in [0.05, 0.1) is 15.2 Å². The molecule has 0 spiro atoms. The molecule has 0 aromatic heterocycles. The smallest absolute Gasteiger partial charge is 0.116 e. The number of nitrogens with two attached hydrogens (primary N) is 1. The second kappa shape index (κ2) is 4.81. The molecular weight excluding hydrogens is 260 g/mol. The Morgan fingerprint density at radius 2 is 1.06 bits per heavy atom. The van der Waals surface area contributed by atoms with E-state index in [-0.39, 0.29) is 0 Å². The lowest BCUT2D eigenvalue weighted by atomic mass is 11.5. The fourth-order valence-electron chi connectivity index (χ4n) is 2.06. The maximum atomic E-state index is 6.98. The minimum absolute atomic E-state index is 1.16. The van der Waals surface area contributed by atoms with Crippen LogP contribution in [0.4, 0.5) is 0 Å². The SMILES string of the molecule is C[Si](C)(C)NC[Si](N)([Si](C)(C)C)[Si](C)(C)C. The average molecular weight is 293 g/mol. The van der Waals surface area contributed by atoms with Gasteiger partial charge >= 0.3 is 0 Å². The van der Waals surface area contributed by atoms with Gasteiger partial charge in [-0.2, -0.15) is 0 Å². The van der Waals surface area contributed by atoms with Crippen LogP contribution in [0.25, 0.3) is 0 Å². The molecule has 16 heavy (non-hydrogen) atoms. The van der Waals surface area contributed by atoms with Gasteiger partial charge in [-0.15, -0.1) is 0 Å². The second-order valence-electron chi connectivity index (χ2n) is 8.07. The Bertz CT molecular complexity index is 221. The van der Waals surface area contributed by atoms with Gasteiger partial charge in [0.1, 0.15) is 15.5 Å². The van der Waals surface area contributed by atoms with Crippen molar-refractivity contribution in [3.8, 4) is 0 Å². The van der Waals surface area contributed by atoms with E-state index in [1.165, 1.54) is 0 Å². The Hall–Kier alpha value is 0.788. The summed E-state index contributed by atoms with van der Waals surface area (Å²) in [6.07, 6.45) is 1.16. The molecule has 6 heteroatoms. The van der Waals surface area contributed by atoms with Crippen LogP contribution >= 0.6 is 0 Å². The largest absolute Gasteiger partial charge is 0.354 e. The van der Waals surface area contributed by atoms with Crippen molar-refractivity contribution in [3.05, 3.63) is 0 Å². The van der Waals surface area contributed by atoms with Gasteiger partial charge in [-0.3, -0.25) is 0 Å². The number of nitrogens with one attached hydrogen (secondary N) is 1. The van der Waals surface area contributed by atoms with Crippen LogP contribution in [0.1, 0.15) is 0 Å². The third-order valence-corrected chi connectivity index (χ3v) is 41.9. The van der Waals surface area contributed by atoms with Gasteiger partial charge in [0.25, 0.3) is 0 Å². The number of hydrogen-bond donors (Lipinski definition) is 2. The van der Waals surface area contributed by atoms with Gasteiger partial charge in [-0.05, 0) is 6.17 Å². The average Bonchev–Trinajstić information content (AvgIpc) is 1.93. The van der Waals surface area contributed by atoms with Crippen LogP contribution < -0.4 is 10.4 Å². The van der Waals surface area contributed by atoms with E-state index in [2.05, 4.69) is 63.9 Å². The lowest BCUT2D eigenvalue weighted by Crippen LogP contribution is -2.82. The van der Waals surface area contributed by atoms with Crippen molar-refractivity contribution in [2.45, 2.75) is 58.9 Å². The number of rotatable bonds is 5. The highest BCUT2D eigenvalue weighted by molar-refractivity contribution is 7.68. The zero-order chi connectivity index (χ0) is 13.4. The molecule has 0 aliphatic heterocycles. The minimum Gasteiger partial charge on any atom is -0.354 e. The predicted octanol–water partition coefficient (Wildman–Crippen LogP) is 2.69. The van der Waals surface area contributed by atoms with E-state index in [0.717, 1.165) is 6.17 Å². The van der Waals surface area contributed by atoms with E-state index in [9.17, 15) is 0 Å². The van der Waals surface area contributed by atoms with E-state index >= 15 is 0 Å². The third kappa shape index (κ3) is 4.23. The van der Waals surface area contributed by atoms with Gasteiger partial charge in [0.2, 0.25) is 0 Å². The highest BCUT2D eigenvalue weighted by atomic mass is 29.6. The molecule has 0 atom stereocenters. The van der Waals surface area contributed by atoms with Crippen molar-refractivity contribution in [1.82, 2.24) is 4.98 Å². The molecule has 0 radical (unpaired) electrons. The first-order chi connectivity index (χ1) is 6.71. The molecule has 0 saturated carbocycles. The number of hydrogen-bond acceptors (Lipinski definition) is 2. The van der Waals surface area contributed by atoms with Crippen LogP contribution in [0.5, 0.6) is 0 Å². The topological polar surface area (TPSA) is 38.0 Å². The first kappa shape index (κ1) is 16.8. The lowest BCUT2D eigenvalue weighted by molar-refractivity contribution is 1.08. The van der Waals surface area contributed by atoms with Crippen LogP contribution in [0.2, 0.25) is 58.9 Å².